The Bertz CT molecular complexity index is 1600. The molecule has 9 heteroatoms. The summed E-state index contributed by atoms with van der Waals surface area (Å²) < 4.78 is 3.42. The number of benzene rings is 2. The van der Waals surface area contributed by atoms with Crippen LogP contribution in [0.15, 0.2) is 60.8 Å². The molecule has 0 unspecified atom stereocenters. The van der Waals surface area contributed by atoms with Gasteiger partial charge in [-0.3, -0.25) is 9.48 Å². The summed E-state index contributed by atoms with van der Waals surface area (Å²) in [5, 5.41) is 14.1. The first kappa shape index (κ1) is 24.0. The number of rotatable bonds is 6. The van der Waals surface area contributed by atoms with Gasteiger partial charge in [0.25, 0.3) is 0 Å². The third kappa shape index (κ3) is 4.85. The van der Waals surface area contributed by atoms with Gasteiger partial charge in [0.1, 0.15) is 6.54 Å². The van der Waals surface area contributed by atoms with E-state index in [0.717, 1.165) is 33.5 Å². The second-order valence-electron chi connectivity index (χ2n) is 8.78. The van der Waals surface area contributed by atoms with Crippen molar-refractivity contribution in [3.63, 3.8) is 0 Å². The molecular formula is C27H24Cl2N6O. The van der Waals surface area contributed by atoms with Crippen molar-refractivity contribution in [3.8, 4) is 11.1 Å². The number of hydrogen-bond acceptors (Lipinski definition) is 4. The summed E-state index contributed by atoms with van der Waals surface area (Å²) in [5.41, 5.74) is 6.58. The largest absolute Gasteiger partial charge is 0.308 e. The van der Waals surface area contributed by atoms with E-state index in [2.05, 4.69) is 45.6 Å². The predicted octanol–water partition coefficient (Wildman–Crippen LogP) is 6.21. The van der Waals surface area contributed by atoms with Gasteiger partial charge in [-0.05, 0) is 55.7 Å². The molecule has 0 fully saturated rings. The van der Waals surface area contributed by atoms with Gasteiger partial charge in [-0.2, -0.15) is 10.2 Å². The fourth-order valence-electron chi connectivity index (χ4n) is 4.31. The fourth-order valence-corrected chi connectivity index (χ4v) is 4.77. The Morgan fingerprint density at radius 3 is 2.58 bits per heavy atom. The normalized spacial score (nSPS) is 11.2. The molecule has 5 rings (SSSR count). The van der Waals surface area contributed by atoms with Gasteiger partial charge in [-0.15, -0.1) is 0 Å². The molecule has 5 aromatic rings. The smallest absolute Gasteiger partial charge is 0.247 e. The topological polar surface area (TPSA) is 77.6 Å². The van der Waals surface area contributed by atoms with Crippen LogP contribution in [-0.4, -0.2) is 30.5 Å². The molecule has 36 heavy (non-hydrogen) atoms. The zero-order chi connectivity index (χ0) is 25.4. The van der Waals surface area contributed by atoms with Crippen LogP contribution >= 0.6 is 23.2 Å². The zero-order valence-electron chi connectivity index (χ0n) is 20.1. The molecule has 1 N–H and O–H groups in total. The summed E-state index contributed by atoms with van der Waals surface area (Å²) in [4.78, 5) is 17.4. The standard InChI is InChI=1S/C27H24Cl2N6O/c1-16-5-4-6-19(11-16)22-9-10-30-27-26(22)18(3)32-35(27)15-25(36)31-24-12-17(2)34(33-24)14-20-7-8-21(28)13-23(20)29/h4-13H,14-15H2,1-3H3,(H,31,33,36). The number of amides is 1. The Morgan fingerprint density at radius 1 is 0.972 bits per heavy atom. The van der Waals surface area contributed by atoms with Crippen LogP contribution in [0, 0.1) is 20.8 Å². The molecule has 2 aromatic carbocycles. The Kier molecular flexibility index (Phi) is 6.51. The zero-order valence-corrected chi connectivity index (χ0v) is 21.6. The first-order chi connectivity index (χ1) is 17.3. The van der Waals surface area contributed by atoms with Gasteiger partial charge >= 0.3 is 0 Å². The van der Waals surface area contributed by atoms with Crippen LogP contribution < -0.4 is 5.32 Å². The maximum atomic E-state index is 12.9. The number of carbonyl (C=O) groups excluding carboxylic acids is 1. The first-order valence-electron chi connectivity index (χ1n) is 11.5. The van der Waals surface area contributed by atoms with Gasteiger partial charge in [0, 0.05) is 33.4 Å². The number of aromatic nitrogens is 5. The summed E-state index contributed by atoms with van der Waals surface area (Å²) in [6, 6.07) is 17.5. The molecule has 0 atom stereocenters. The minimum atomic E-state index is -0.240. The number of hydrogen-bond donors (Lipinski definition) is 1. The van der Waals surface area contributed by atoms with E-state index < -0.39 is 0 Å². The van der Waals surface area contributed by atoms with E-state index in [9.17, 15) is 4.79 Å². The average molecular weight is 519 g/mol. The SMILES string of the molecule is Cc1cccc(-c2ccnc3c2c(C)nn3CC(=O)Nc2cc(C)n(Cc3ccc(Cl)cc3Cl)n2)c1. The van der Waals surface area contributed by atoms with Gasteiger partial charge in [0.05, 0.1) is 12.2 Å². The molecule has 0 saturated carbocycles. The monoisotopic (exact) mass is 518 g/mol. The third-order valence-electron chi connectivity index (χ3n) is 6.01. The van der Waals surface area contributed by atoms with E-state index in [4.69, 9.17) is 23.2 Å². The second-order valence-corrected chi connectivity index (χ2v) is 9.63. The van der Waals surface area contributed by atoms with Crippen molar-refractivity contribution in [3.05, 3.63) is 93.4 Å². The van der Waals surface area contributed by atoms with Crippen LogP contribution in [0.25, 0.3) is 22.2 Å². The number of pyridine rings is 1. The quantitative estimate of drug-likeness (QED) is 0.289. The third-order valence-corrected chi connectivity index (χ3v) is 6.60. The van der Waals surface area contributed by atoms with Crippen molar-refractivity contribution in [2.24, 2.45) is 0 Å². The molecule has 1 amide bonds. The molecule has 182 valence electrons. The number of halogens is 2. The highest BCUT2D eigenvalue weighted by atomic mass is 35.5. The van der Waals surface area contributed by atoms with Crippen LogP contribution in [0.3, 0.4) is 0 Å². The Balaban J connectivity index is 1.36. The van der Waals surface area contributed by atoms with Crippen molar-refractivity contribution in [2.75, 3.05) is 5.32 Å². The van der Waals surface area contributed by atoms with Crippen LogP contribution in [0.4, 0.5) is 5.82 Å². The maximum Gasteiger partial charge on any atom is 0.247 e. The molecule has 0 aliphatic heterocycles. The fraction of sp³-hybridized carbons (Fsp3) is 0.185. The minimum Gasteiger partial charge on any atom is -0.308 e. The van der Waals surface area contributed by atoms with Crippen LogP contribution in [0.1, 0.15) is 22.5 Å². The van der Waals surface area contributed by atoms with Crippen molar-refractivity contribution < 1.29 is 4.79 Å². The van der Waals surface area contributed by atoms with Gasteiger partial charge in [0.2, 0.25) is 5.91 Å². The number of nitrogens with zero attached hydrogens (tertiary/aromatic N) is 5. The lowest BCUT2D eigenvalue weighted by Gasteiger charge is -2.07. The molecule has 0 bridgehead atoms. The molecule has 0 radical (unpaired) electrons. The highest BCUT2D eigenvalue weighted by molar-refractivity contribution is 6.35. The molecular weight excluding hydrogens is 495 g/mol. The molecule has 3 aromatic heterocycles. The van der Waals surface area contributed by atoms with Gasteiger partial charge in [-0.1, -0.05) is 59.1 Å². The Hall–Kier alpha value is -3.68. The summed E-state index contributed by atoms with van der Waals surface area (Å²) in [7, 11) is 0. The van der Waals surface area contributed by atoms with E-state index >= 15 is 0 Å². The van der Waals surface area contributed by atoms with Gasteiger partial charge in [0.15, 0.2) is 11.5 Å². The number of anilines is 1. The maximum absolute atomic E-state index is 12.9. The summed E-state index contributed by atoms with van der Waals surface area (Å²) in [5.74, 6) is 0.223. The highest BCUT2D eigenvalue weighted by Crippen LogP contribution is 2.30. The van der Waals surface area contributed by atoms with E-state index in [0.29, 0.717) is 28.1 Å². The highest BCUT2D eigenvalue weighted by Gasteiger charge is 2.17. The number of aryl methyl sites for hydroxylation is 3. The number of fused-ring (bicyclic) bond motifs is 1. The lowest BCUT2D eigenvalue weighted by molar-refractivity contribution is -0.116. The van der Waals surface area contributed by atoms with Crippen LogP contribution in [0.2, 0.25) is 10.0 Å². The van der Waals surface area contributed by atoms with E-state index in [1.54, 1.807) is 27.7 Å². The van der Waals surface area contributed by atoms with E-state index in [1.807, 2.05) is 38.1 Å². The second kappa shape index (κ2) is 9.76. The van der Waals surface area contributed by atoms with Crippen molar-refractivity contribution >= 4 is 46.0 Å². The molecule has 0 saturated heterocycles. The lowest BCUT2D eigenvalue weighted by atomic mass is 10.0. The van der Waals surface area contributed by atoms with E-state index in [-0.39, 0.29) is 12.5 Å². The number of nitrogens with one attached hydrogen (secondary N) is 1. The summed E-state index contributed by atoms with van der Waals surface area (Å²) in [6.45, 7) is 6.41. The minimum absolute atomic E-state index is 0.0174. The lowest BCUT2D eigenvalue weighted by Crippen LogP contribution is -2.20. The summed E-state index contributed by atoms with van der Waals surface area (Å²) >= 11 is 12.3. The van der Waals surface area contributed by atoms with Gasteiger partial charge < -0.3 is 5.32 Å². The first-order valence-corrected chi connectivity index (χ1v) is 12.2. The van der Waals surface area contributed by atoms with Crippen molar-refractivity contribution in [1.29, 1.82) is 0 Å². The average Bonchev–Trinajstić information content (AvgIpc) is 3.34. The number of carbonyl (C=O) groups is 1. The molecule has 0 spiro atoms. The van der Waals surface area contributed by atoms with Gasteiger partial charge in [-0.25, -0.2) is 9.67 Å². The molecule has 0 aliphatic carbocycles. The van der Waals surface area contributed by atoms with Crippen molar-refractivity contribution in [2.45, 2.75) is 33.9 Å². The summed E-state index contributed by atoms with van der Waals surface area (Å²) in [6.07, 6.45) is 1.75. The van der Waals surface area contributed by atoms with Crippen LogP contribution in [0.5, 0.6) is 0 Å². The molecule has 7 nitrogen and oxygen atoms in total. The Labute approximate surface area is 218 Å². The van der Waals surface area contributed by atoms with Crippen molar-refractivity contribution in [1.82, 2.24) is 24.5 Å². The molecule has 3 heterocycles. The van der Waals surface area contributed by atoms with Crippen LogP contribution in [-0.2, 0) is 17.9 Å². The Morgan fingerprint density at radius 2 is 1.81 bits per heavy atom. The predicted molar refractivity (Wildman–Crippen MR) is 144 cm³/mol. The van der Waals surface area contributed by atoms with E-state index in [1.165, 1.54) is 5.56 Å². The molecule has 0 aliphatic rings.